The van der Waals surface area contributed by atoms with E-state index in [2.05, 4.69) is 4.98 Å². The van der Waals surface area contributed by atoms with Crippen LogP contribution >= 0.6 is 11.6 Å². The Balaban J connectivity index is 2.47. The van der Waals surface area contributed by atoms with Gasteiger partial charge in [0, 0.05) is 17.3 Å². The van der Waals surface area contributed by atoms with Gasteiger partial charge in [-0.2, -0.15) is 0 Å². The minimum absolute atomic E-state index is 0.241. The molecule has 2 nitrogen and oxygen atoms in total. The summed E-state index contributed by atoms with van der Waals surface area (Å²) in [6.07, 6.45) is 1.45. The molecule has 0 aliphatic rings. The van der Waals surface area contributed by atoms with Gasteiger partial charge in [-0.3, -0.25) is 4.79 Å². The minimum Gasteiger partial charge on any atom is -0.289 e. The summed E-state index contributed by atoms with van der Waals surface area (Å²) in [6.45, 7) is 1.76. The van der Waals surface area contributed by atoms with Crippen LogP contribution in [0.5, 0.6) is 0 Å². The van der Waals surface area contributed by atoms with E-state index in [0.717, 1.165) is 5.56 Å². The highest BCUT2D eigenvalue weighted by Crippen LogP contribution is 2.17. The van der Waals surface area contributed by atoms with Crippen molar-refractivity contribution in [3.63, 3.8) is 0 Å². The maximum Gasteiger partial charge on any atom is 0.193 e. The molecule has 0 spiro atoms. The van der Waals surface area contributed by atoms with Crippen molar-refractivity contribution in [2.45, 2.75) is 6.92 Å². The molecule has 1 aromatic heterocycles. The molecule has 0 radical (unpaired) electrons. The third-order valence-electron chi connectivity index (χ3n) is 2.43. The van der Waals surface area contributed by atoms with Gasteiger partial charge >= 0.3 is 0 Å². The molecule has 2 rings (SSSR count). The molecule has 0 saturated carbocycles. The monoisotopic (exact) mass is 249 g/mol. The molecule has 0 aliphatic heterocycles. The van der Waals surface area contributed by atoms with Gasteiger partial charge in [0.2, 0.25) is 0 Å². The largest absolute Gasteiger partial charge is 0.289 e. The second-order valence-electron chi connectivity index (χ2n) is 3.66. The van der Waals surface area contributed by atoms with Crippen LogP contribution in [-0.2, 0) is 0 Å². The predicted molar refractivity (Wildman–Crippen MR) is 63.8 cm³/mol. The number of nitrogens with zero attached hydrogens (tertiary/aromatic N) is 1. The van der Waals surface area contributed by atoms with Crippen LogP contribution in [0.2, 0.25) is 5.15 Å². The van der Waals surface area contributed by atoms with E-state index in [9.17, 15) is 9.18 Å². The van der Waals surface area contributed by atoms with Crippen LogP contribution < -0.4 is 0 Å². The van der Waals surface area contributed by atoms with Crippen LogP contribution in [0.4, 0.5) is 4.39 Å². The topological polar surface area (TPSA) is 30.0 Å². The van der Waals surface area contributed by atoms with E-state index in [1.54, 1.807) is 19.1 Å². The summed E-state index contributed by atoms with van der Waals surface area (Å²) in [5.41, 5.74) is 1.47. The fraction of sp³-hybridized carbons (Fsp3) is 0.0769. The number of pyridine rings is 1. The molecule has 0 amide bonds. The molecule has 0 N–H and O–H groups in total. The first kappa shape index (κ1) is 11.7. The molecular formula is C13H9ClFNO. The molecule has 2 aromatic rings. The summed E-state index contributed by atoms with van der Waals surface area (Å²) in [5, 5.41) is 0.241. The highest BCUT2D eigenvalue weighted by molar-refractivity contribution is 6.30. The first-order valence-electron chi connectivity index (χ1n) is 5.00. The highest BCUT2D eigenvalue weighted by Gasteiger charge is 2.13. The number of rotatable bonds is 2. The Hall–Kier alpha value is -1.74. The second-order valence-corrected chi connectivity index (χ2v) is 4.04. The Morgan fingerprint density at radius 3 is 2.76 bits per heavy atom. The minimum atomic E-state index is -0.431. The van der Waals surface area contributed by atoms with E-state index in [1.165, 1.54) is 24.4 Å². The molecule has 0 atom stereocenters. The lowest BCUT2D eigenvalue weighted by Crippen LogP contribution is -2.04. The molecule has 1 aromatic carbocycles. The molecule has 17 heavy (non-hydrogen) atoms. The maximum absolute atomic E-state index is 13.1. The third-order valence-corrected chi connectivity index (χ3v) is 2.64. The molecular weight excluding hydrogens is 241 g/mol. The van der Waals surface area contributed by atoms with Crippen molar-refractivity contribution in [2.24, 2.45) is 0 Å². The zero-order valence-electron chi connectivity index (χ0n) is 9.08. The van der Waals surface area contributed by atoms with Gasteiger partial charge < -0.3 is 0 Å². The number of halogens is 2. The van der Waals surface area contributed by atoms with Gasteiger partial charge in [0.05, 0.1) is 0 Å². The van der Waals surface area contributed by atoms with Gasteiger partial charge in [0.25, 0.3) is 0 Å². The Kier molecular flexibility index (Phi) is 3.20. The average molecular weight is 250 g/mol. The van der Waals surface area contributed by atoms with E-state index in [4.69, 9.17) is 11.6 Å². The van der Waals surface area contributed by atoms with E-state index < -0.39 is 5.82 Å². The van der Waals surface area contributed by atoms with Gasteiger partial charge in [0.1, 0.15) is 11.0 Å². The summed E-state index contributed by atoms with van der Waals surface area (Å²) >= 11 is 5.71. The SMILES string of the molecule is Cc1ccc(F)cc1C(=O)c1ccnc(Cl)c1. The first-order valence-corrected chi connectivity index (χ1v) is 5.38. The number of aromatic nitrogens is 1. The Morgan fingerprint density at radius 1 is 1.29 bits per heavy atom. The Bertz CT molecular complexity index is 583. The van der Waals surface area contributed by atoms with Crippen molar-refractivity contribution in [3.8, 4) is 0 Å². The van der Waals surface area contributed by atoms with Gasteiger partial charge in [-0.1, -0.05) is 17.7 Å². The van der Waals surface area contributed by atoms with Gasteiger partial charge in [-0.25, -0.2) is 9.37 Å². The highest BCUT2D eigenvalue weighted by atomic mass is 35.5. The second kappa shape index (κ2) is 4.63. The van der Waals surface area contributed by atoms with E-state index in [-0.39, 0.29) is 10.9 Å². The van der Waals surface area contributed by atoms with Crippen molar-refractivity contribution in [1.82, 2.24) is 4.98 Å². The smallest absolute Gasteiger partial charge is 0.193 e. The van der Waals surface area contributed by atoms with Crippen molar-refractivity contribution >= 4 is 17.4 Å². The number of hydrogen-bond donors (Lipinski definition) is 0. The van der Waals surface area contributed by atoms with Crippen molar-refractivity contribution in [1.29, 1.82) is 0 Å². The average Bonchev–Trinajstić information content (AvgIpc) is 2.31. The molecule has 1 heterocycles. The number of carbonyl (C=O) groups is 1. The number of carbonyl (C=O) groups excluding carboxylic acids is 1. The lowest BCUT2D eigenvalue weighted by atomic mass is 10.00. The van der Waals surface area contributed by atoms with Crippen LogP contribution in [0.25, 0.3) is 0 Å². The molecule has 4 heteroatoms. The summed E-state index contributed by atoms with van der Waals surface area (Å²) < 4.78 is 13.1. The Labute approximate surface area is 103 Å². The zero-order chi connectivity index (χ0) is 12.4. The van der Waals surface area contributed by atoms with E-state index in [1.807, 2.05) is 0 Å². The van der Waals surface area contributed by atoms with Crippen molar-refractivity contribution < 1.29 is 9.18 Å². The predicted octanol–water partition coefficient (Wildman–Crippen LogP) is 3.41. The third kappa shape index (κ3) is 2.50. The molecule has 0 aliphatic carbocycles. The number of hydrogen-bond acceptors (Lipinski definition) is 2. The quantitative estimate of drug-likeness (QED) is 0.603. The number of benzene rings is 1. The standard InChI is InChI=1S/C13H9ClFNO/c1-8-2-3-10(15)7-11(8)13(17)9-4-5-16-12(14)6-9/h2-7H,1H3. The molecule has 0 fully saturated rings. The van der Waals surface area contributed by atoms with E-state index >= 15 is 0 Å². The first-order chi connectivity index (χ1) is 8.08. The van der Waals surface area contributed by atoms with Crippen molar-refractivity contribution in [2.75, 3.05) is 0 Å². The lowest BCUT2D eigenvalue weighted by Gasteiger charge is -2.05. The summed E-state index contributed by atoms with van der Waals surface area (Å²) in [7, 11) is 0. The summed E-state index contributed by atoms with van der Waals surface area (Å²) in [6, 6.07) is 7.15. The summed E-state index contributed by atoms with van der Waals surface area (Å²) in [5.74, 6) is -0.689. The zero-order valence-corrected chi connectivity index (χ0v) is 9.83. The molecule has 0 unspecified atom stereocenters. The normalized spacial score (nSPS) is 10.3. The fourth-order valence-electron chi connectivity index (χ4n) is 1.54. The van der Waals surface area contributed by atoms with E-state index in [0.29, 0.717) is 11.1 Å². The van der Waals surface area contributed by atoms with Crippen molar-refractivity contribution in [3.05, 3.63) is 64.2 Å². The van der Waals surface area contributed by atoms with Crippen LogP contribution in [0.3, 0.4) is 0 Å². The van der Waals surface area contributed by atoms with Crippen LogP contribution in [-0.4, -0.2) is 10.8 Å². The van der Waals surface area contributed by atoms with Gasteiger partial charge in [-0.05, 0) is 36.8 Å². The molecule has 86 valence electrons. The number of ketones is 1. The fourth-order valence-corrected chi connectivity index (χ4v) is 1.71. The lowest BCUT2D eigenvalue weighted by molar-refractivity contribution is 0.103. The Morgan fingerprint density at radius 2 is 2.06 bits per heavy atom. The molecule has 0 saturated heterocycles. The van der Waals surface area contributed by atoms with Crippen LogP contribution in [0.15, 0.2) is 36.5 Å². The van der Waals surface area contributed by atoms with Crippen LogP contribution in [0, 0.1) is 12.7 Å². The van der Waals surface area contributed by atoms with Crippen LogP contribution in [0.1, 0.15) is 21.5 Å². The maximum atomic E-state index is 13.1. The van der Waals surface area contributed by atoms with Gasteiger partial charge in [0.15, 0.2) is 5.78 Å². The summed E-state index contributed by atoms with van der Waals surface area (Å²) in [4.78, 5) is 15.9. The molecule has 0 bridgehead atoms. The van der Waals surface area contributed by atoms with Gasteiger partial charge in [-0.15, -0.1) is 0 Å². The number of aryl methyl sites for hydroxylation is 1.